The first-order valence-electron chi connectivity index (χ1n) is 2.82. The van der Waals surface area contributed by atoms with Crippen molar-refractivity contribution in [1.29, 1.82) is 0 Å². The van der Waals surface area contributed by atoms with E-state index in [0.717, 1.165) is 0 Å². The van der Waals surface area contributed by atoms with Crippen LogP contribution in [0, 0.1) is 0 Å². The summed E-state index contributed by atoms with van der Waals surface area (Å²) in [5, 5.41) is 0. The molecule has 0 spiro atoms. The number of hydrogen-bond acceptors (Lipinski definition) is 4. The van der Waals surface area contributed by atoms with Crippen molar-refractivity contribution in [3.8, 4) is 0 Å². The average molecular weight is 162 g/mol. The molecule has 0 aliphatic carbocycles. The lowest BCUT2D eigenvalue weighted by molar-refractivity contribution is 0.0682. The quantitative estimate of drug-likeness (QED) is 0.384. The van der Waals surface area contributed by atoms with Crippen LogP contribution in [0.1, 0.15) is 0 Å². The summed E-state index contributed by atoms with van der Waals surface area (Å²) in [5.41, 5.74) is 0. The molecule has 0 amide bonds. The fourth-order valence-corrected chi connectivity index (χ4v) is 0.389. The molecule has 0 heterocycles. The molecule has 10 heavy (non-hydrogen) atoms. The van der Waals surface area contributed by atoms with Gasteiger partial charge in [-0.25, -0.2) is 4.79 Å². The fourth-order valence-electron chi connectivity index (χ4n) is 0.298. The molecular formula is C6H10O3S. The minimum Gasteiger partial charge on any atom is -0.433 e. The van der Waals surface area contributed by atoms with E-state index in [1.807, 2.05) is 0 Å². The average Bonchev–Trinajstić information content (AvgIpc) is 1.97. The lowest BCUT2D eigenvalue weighted by Crippen LogP contribution is -2.08. The number of hydrogen-bond donors (Lipinski definition) is 1. The Morgan fingerprint density at radius 3 is 2.80 bits per heavy atom. The normalized spacial score (nSPS) is 8.50. The maximum absolute atomic E-state index is 10.4. The first-order valence-corrected chi connectivity index (χ1v) is 3.45. The molecule has 0 radical (unpaired) electrons. The van der Waals surface area contributed by atoms with Gasteiger partial charge in [-0.15, -0.1) is 0 Å². The third-order valence-electron chi connectivity index (χ3n) is 0.630. The van der Waals surface area contributed by atoms with E-state index in [9.17, 15) is 4.79 Å². The van der Waals surface area contributed by atoms with Gasteiger partial charge in [-0.05, 0) is 0 Å². The third kappa shape index (κ3) is 5.50. The van der Waals surface area contributed by atoms with Gasteiger partial charge in [0.2, 0.25) is 0 Å². The zero-order valence-electron chi connectivity index (χ0n) is 5.58. The van der Waals surface area contributed by atoms with Crippen molar-refractivity contribution in [3.63, 3.8) is 0 Å². The summed E-state index contributed by atoms with van der Waals surface area (Å²) in [6.45, 7) is 3.83. The van der Waals surface area contributed by atoms with E-state index < -0.39 is 6.16 Å². The Kier molecular flexibility index (Phi) is 6.06. The fraction of sp³-hybridized carbons (Fsp3) is 0.500. The highest BCUT2D eigenvalue weighted by molar-refractivity contribution is 7.80. The number of carbonyl (C=O) groups is 1. The number of rotatable bonds is 4. The molecule has 4 heteroatoms. The van der Waals surface area contributed by atoms with Gasteiger partial charge in [0, 0.05) is 5.75 Å². The number of ether oxygens (including phenoxy) is 2. The van der Waals surface area contributed by atoms with Gasteiger partial charge < -0.3 is 9.47 Å². The second-order valence-electron chi connectivity index (χ2n) is 1.42. The molecule has 3 nitrogen and oxygen atoms in total. The number of carbonyl (C=O) groups excluding carboxylic acids is 1. The predicted molar refractivity (Wildman–Crippen MR) is 41.4 cm³/mol. The molecule has 0 N–H and O–H groups in total. The molecular weight excluding hydrogens is 152 g/mol. The highest BCUT2D eigenvalue weighted by Gasteiger charge is 1.98. The van der Waals surface area contributed by atoms with Crippen LogP contribution in [0.3, 0.4) is 0 Å². The maximum atomic E-state index is 10.4. The van der Waals surface area contributed by atoms with Crippen LogP contribution in [0.25, 0.3) is 0 Å². The molecule has 0 aliphatic heterocycles. The molecule has 0 aromatic carbocycles. The van der Waals surface area contributed by atoms with Crippen molar-refractivity contribution >= 4 is 18.8 Å². The molecule has 0 aromatic heterocycles. The first kappa shape index (κ1) is 9.36. The van der Waals surface area contributed by atoms with Crippen LogP contribution in [0.5, 0.6) is 0 Å². The van der Waals surface area contributed by atoms with Crippen molar-refractivity contribution in [2.24, 2.45) is 0 Å². The van der Waals surface area contributed by atoms with Gasteiger partial charge in [0.15, 0.2) is 0 Å². The molecule has 0 unspecified atom stereocenters. The van der Waals surface area contributed by atoms with E-state index in [1.165, 1.54) is 6.08 Å². The standard InChI is InChI=1S/C6H10O3S/c1-2-3-8-6(7)9-4-5-10/h2,10H,1,3-5H2. The summed E-state index contributed by atoms with van der Waals surface area (Å²) in [6, 6.07) is 0. The zero-order chi connectivity index (χ0) is 7.82. The highest BCUT2D eigenvalue weighted by atomic mass is 32.1. The Morgan fingerprint density at radius 1 is 1.60 bits per heavy atom. The SMILES string of the molecule is C=CCOC(=O)OCCS. The Hall–Kier alpha value is -0.640. The van der Waals surface area contributed by atoms with Crippen LogP contribution in [-0.4, -0.2) is 25.1 Å². The van der Waals surface area contributed by atoms with E-state index in [4.69, 9.17) is 0 Å². The molecule has 0 aliphatic rings. The Labute approximate surface area is 65.4 Å². The molecule has 0 fully saturated rings. The van der Waals surface area contributed by atoms with Gasteiger partial charge in [0.25, 0.3) is 0 Å². The Morgan fingerprint density at radius 2 is 2.30 bits per heavy atom. The smallest absolute Gasteiger partial charge is 0.433 e. The van der Waals surface area contributed by atoms with Gasteiger partial charge in [0.05, 0.1) is 0 Å². The van der Waals surface area contributed by atoms with Crippen molar-refractivity contribution in [3.05, 3.63) is 12.7 Å². The Balaban J connectivity index is 3.16. The molecule has 58 valence electrons. The molecule has 0 saturated heterocycles. The van der Waals surface area contributed by atoms with Gasteiger partial charge >= 0.3 is 6.16 Å². The topological polar surface area (TPSA) is 35.5 Å². The number of thiol groups is 1. The van der Waals surface area contributed by atoms with Crippen molar-refractivity contribution in [2.45, 2.75) is 0 Å². The largest absolute Gasteiger partial charge is 0.508 e. The summed E-state index contributed by atoms with van der Waals surface area (Å²) >= 11 is 3.83. The predicted octanol–water partition coefficient (Wildman–Crippen LogP) is 1.26. The second-order valence-corrected chi connectivity index (χ2v) is 1.87. The monoisotopic (exact) mass is 162 g/mol. The molecule has 0 rings (SSSR count). The highest BCUT2D eigenvalue weighted by Crippen LogP contribution is 1.85. The van der Waals surface area contributed by atoms with E-state index in [2.05, 4.69) is 28.7 Å². The summed E-state index contributed by atoms with van der Waals surface area (Å²) < 4.78 is 8.99. The van der Waals surface area contributed by atoms with Crippen LogP contribution in [-0.2, 0) is 9.47 Å². The van der Waals surface area contributed by atoms with E-state index in [-0.39, 0.29) is 13.2 Å². The van der Waals surface area contributed by atoms with Gasteiger partial charge in [-0.2, -0.15) is 12.6 Å². The van der Waals surface area contributed by atoms with Gasteiger partial charge in [-0.1, -0.05) is 12.7 Å². The van der Waals surface area contributed by atoms with Crippen LogP contribution in [0.15, 0.2) is 12.7 Å². The maximum Gasteiger partial charge on any atom is 0.508 e. The van der Waals surface area contributed by atoms with E-state index >= 15 is 0 Å². The van der Waals surface area contributed by atoms with Crippen LogP contribution in [0.2, 0.25) is 0 Å². The Bertz CT molecular complexity index is 114. The molecule has 0 atom stereocenters. The van der Waals surface area contributed by atoms with Gasteiger partial charge in [0.1, 0.15) is 13.2 Å². The molecule has 0 aromatic rings. The van der Waals surface area contributed by atoms with Gasteiger partial charge in [-0.3, -0.25) is 0 Å². The summed E-state index contributed by atoms with van der Waals surface area (Å²) in [4.78, 5) is 10.4. The first-order chi connectivity index (χ1) is 4.81. The van der Waals surface area contributed by atoms with Crippen molar-refractivity contribution < 1.29 is 14.3 Å². The molecule has 0 bridgehead atoms. The van der Waals surface area contributed by atoms with Crippen molar-refractivity contribution in [1.82, 2.24) is 0 Å². The lowest BCUT2D eigenvalue weighted by Gasteiger charge is -2.00. The summed E-state index contributed by atoms with van der Waals surface area (Å²) in [6.07, 6.45) is 0.802. The van der Waals surface area contributed by atoms with Crippen LogP contribution in [0.4, 0.5) is 4.79 Å². The summed E-state index contributed by atoms with van der Waals surface area (Å²) in [7, 11) is 0. The minimum absolute atomic E-state index is 0.186. The second kappa shape index (κ2) is 6.48. The van der Waals surface area contributed by atoms with E-state index in [0.29, 0.717) is 5.75 Å². The van der Waals surface area contributed by atoms with Crippen LogP contribution >= 0.6 is 12.6 Å². The van der Waals surface area contributed by atoms with Crippen molar-refractivity contribution in [2.75, 3.05) is 19.0 Å². The molecule has 0 saturated carbocycles. The zero-order valence-corrected chi connectivity index (χ0v) is 6.47. The lowest BCUT2D eigenvalue weighted by atomic mass is 10.7. The van der Waals surface area contributed by atoms with Crippen LogP contribution < -0.4 is 0 Å². The third-order valence-corrected chi connectivity index (χ3v) is 0.813. The summed E-state index contributed by atoms with van der Waals surface area (Å²) in [5.74, 6) is 0.503. The van der Waals surface area contributed by atoms with E-state index in [1.54, 1.807) is 0 Å². The minimum atomic E-state index is -0.672.